The molecule has 0 aliphatic rings. The zero-order valence-corrected chi connectivity index (χ0v) is 18.9. The summed E-state index contributed by atoms with van der Waals surface area (Å²) in [5, 5.41) is 2.92. The van der Waals surface area contributed by atoms with E-state index in [9.17, 15) is 13.2 Å². The zero-order valence-electron chi connectivity index (χ0n) is 16.5. The first kappa shape index (κ1) is 25.6. The van der Waals surface area contributed by atoms with Gasteiger partial charge in [0.25, 0.3) is 0 Å². The Kier molecular flexibility index (Phi) is 10.5. The van der Waals surface area contributed by atoms with E-state index in [-0.39, 0.29) is 42.4 Å². The van der Waals surface area contributed by atoms with E-state index in [1.54, 1.807) is 30.3 Å². The van der Waals surface area contributed by atoms with Crippen LogP contribution < -0.4 is 25.3 Å². The van der Waals surface area contributed by atoms with Gasteiger partial charge in [-0.25, -0.2) is 9.98 Å². The molecule has 1 heterocycles. The number of aliphatic imine (C=N–C) groups is 1. The topological polar surface area (TPSA) is 91.0 Å². The molecule has 1 aromatic carbocycles. The molecule has 0 spiro atoms. The fourth-order valence-electron chi connectivity index (χ4n) is 2.32. The van der Waals surface area contributed by atoms with Crippen LogP contribution in [0, 0.1) is 0 Å². The summed E-state index contributed by atoms with van der Waals surface area (Å²) >= 11 is 0. The number of pyridine rings is 1. The van der Waals surface area contributed by atoms with Gasteiger partial charge in [-0.1, -0.05) is 6.07 Å². The lowest BCUT2D eigenvalue weighted by Crippen LogP contribution is -2.23. The molecule has 0 amide bonds. The fraction of sp³-hybridized carbons (Fsp3) is 0.368. The normalized spacial score (nSPS) is 11.4. The number of guanidine groups is 1. The van der Waals surface area contributed by atoms with E-state index < -0.39 is 12.8 Å². The molecule has 3 N–H and O–H groups in total. The van der Waals surface area contributed by atoms with Gasteiger partial charge >= 0.3 is 6.18 Å². The first-order valence-electron chi connectivity index (χ1n) is 8.92. The second kappa shape index (κ2) is 12.3. The van der Waals surface area contributed by atoms with Crippen molar-refractivity contribution >= 4 is 35.6 Å². The molecule has 0 saturated heterocycles. The highest BCUT2D eigenvalue weighted by Crippen LogP contribution is 2.29. The summed E-state index contributed by atoms with van der Waals surface area (Å²) < 4.78 is 52.9. The maximum Gasteiger partial charge on any atom is 0.422 e. The molecule has 0 fully saturated rings. The van der Waals surface area contributed by atoms with Crippen molar-refractivity contribution in [3.05, 3.63) is 42.1 Å². The second-order valence-electron chi connectivity index (χ2n) is 5.72. The summed E-state index contributed by atoms with van der Waals surface area (Å²) in [5.41, 5.74) is 6.86. The lowest BCUT2D eigenvalue weighted by molar-refractivity contribution is -0.154. The van der Waals surface area contributed by atoms with E-state index in [0.29, 0.717) is 36.0 Å². The molecule has 30 heavy (non-hydrogen) atoms. The minimum Gasteiger partial charge on any atom is -0.494 e. The van der Waals surface area contributed by atoms with Gasteiger partial charge in [0.1, 0.15) is 11.5 Å². The SMILES string of the molecule is CCOc1ccc(OCC)c(NC(N)=NCc2cccnc2OCC(F)(F)F)c1.I. The van der Waals surface area contributed by atoms with E-state index in [1.165, 1.54) is 6.20 Å². The number of nitrogens with two attached hydrogens (primary N) is 1. The van der Waals surface area contributed by atoms with Crippen molar-refractivity contribution in [2.45, 2.75) is 26.6 Å². The average Bonchev–Trinajstić information content (AvgIpc) is 2.67. The molecule has 0 unspecified atom stereocenters. The quantitative estimate of drug-likeness (QED) is 0.279. The van der Waals surface area contributed by atoms with Gasteiger partial charge in [0.2, 0.25) is 5.88 Å². The molecule has 11 heteroatoms. The lowest BCUT2D eigenvalue weighted by Gasteiger charge is -2.14. The Morgan fingerprint density at radius 1 is 1.13 bits per heavy atom. The molecule has 0 saturated carbocycles. The standard InChI is InChI=1S/C19H23F3N4O3.HI/c1-3-27-14-7-8-16(28-4-2)15(10-14)26-18(23)25-11-13-6-5-9-24-17(13)29-12-19(20,21)22;/h5-10H,3-4,11-12H2,1-2H3,(H3,23,25,26);1H. The van der Waals surface area contributed by atoms with Crippen LogP contribution in [-0.2, 0) is 6.54 Å². The highest BCUT2D eigenvalue weighted by molar-refractivity contribution is 14.0. The van der Waals surface area contributed by atoms with E-state index in [2.05, 4.69) is 15.3 Å². The largest absolute Gasteiger partial charge is 0.494 e. The predicted octanol–water partition coefficient (Wildman–Crippen LogP) is 4.36. The predicted molar refractivity (Wildman–Crippen MR) is 119 cm³/mol. The van der Waals surface area contributed by atoms with Gasteiger partial charge in [0.15, 0.2) is 12.6 Å². The highest BCUT2D eigenvalue weighted by Gasteiger charge is 2.29. The summed E-state index contributed by atoms with van der Waals surface area (Å²) in [4.78, 5) is 7.98. The third-order valence-electron chi connectivity index (χ3n) is 3.47. The second-order valence-corrected chi connectivity index (χ2v) is 5.72. The lowest BCUT2D eigenvalue weighted by atomic mass is 10.2. The molecular weight excluding hydrogens is 516 g/mol. The van der Waals surface area contributed by atoms with Gasteiger partial charge < -0.3 is 25.3 Å². The summed E-state index contributed by atoms with van der Waals surface area (Å²) in [6.07, 6.45) is -3.12. The molecule has 0 bridgehead atoms. The van der Waals surface area contributed by atoms with Gasteiger partial charge in [0, 0.05) is 17.8 Å². The van der Waals surface area contributed by atoms with Crippen LogP contribution in [0.3, 0.4) is 0 Å². The summed E-state index contributed by atoms with van der Waals surface area (Å²) in [5.74, 6) is 1.09. The third-order valence-corrected chi connectivity index (χ3v) is 3.47. The van der Waals surface area contributed by atoms with Crippen LogP contribution in [0.25, 0.3) is 0 Å². The van der Waals surface area contributed by atoms with Gasteiger partial charge in [-0.15, -0.1) is 24.0 Å². The molecule has 7 nitrogen and oxygen atoms in total. The first-order valence-corrected chi connectivity index (χ1v) is 8.92. The number of anilines is 1. The van der Waals surface area contributed by atoms with Crippen LogP contribution in [-0.4, -0.2) is 36.9 Å². The Morgan fingerprint density at radius 2 is 1.87 bits per heavy atom. The monoisotopic (exact) mass is 540 g/mol. The van der Waals surface area contributed by atoms with Crippen LogP contribution >= 0.6 is 24.0 Å². The van der Waals surface area contributed by atoms with Crippen molar-refractivity contribution in [3.63, 3.8) is 0 Å². The zero-order chi connectivity index (χ0) is 21.3. The van der Waals surface area contributed by atoms with E-state index >= 15 is 0 Å². The number of hydrogen-bond donors (Lipinski definition) is 2. The Balaban J connectivity index is 0.00000450. The number of benzene rings is 1. The van der Waals surface area contributed by atoms with Crippen LogP contribution in [0.4, 0.5) is 18.9 Å². The number of rotatable bonds is 9. The van der Waals surface area contributed by atoms with Crippen molar-refractivity contribution in [1.29, 1.82) is 0 Å². The van der Waals surface area contributed by atoms with Crippen molar-refractivity contribution < 1.29 is 27.4 Å². The van der Waals surface area contributed by atoms with Gasteiger partial charge in [0.05, 0.1) is 25.4 Å². The van der Waals surface area contributed by atoms with Gasteiger partial charge in [-0.3, -0.25) is 0 Å². The molecule has 0 radical (unpaired) electrons. The third kappa shape index (κ3) is 8.51. The van der Waals surface area contributed by atoms with Crippen molar-refractivity contribution in [2.75, 3.05) is 25.1 Å². The number of aromatic nitrogens is 1. The van der Waals surface area contributed by atoms with Crippen LogP contribution in [0.2, 0.25) is 0 Å². The van der Waals surface area contributed by atoms with Gasteiger partial charge in [-0.05, 0) is 32.0 Å². The number of ether oxygens (including phenoxy) is 3. The van der Waals surface area contributed by atoms with E-state index in [0.717, 1.165) is 0 Å². The van der Waals surface area contributed by atoms with Gasteiger partial charge in [-0.2, -0.15) is 13.2 Å². The number of nitrogens with one attached hydrogen (secondary N) is 1. The Hall–Kier alpha value is -2.44. The number of halogens is 4. The summed E-state index contributed by atoms with van der Waals surface area (Å²) in [7, 11) is 0. The number of alkyl halides is 3. The molecule has 166 valence electrons. The molecule has 0 aliphatic heterocycles. The minimum atomic E-state index is -4.46. The van der Waals surface area contributed by atoms with E-state index in [1.807, 2.05) is 13.8 Å². The summed E-state index contributed by atoms with van der Waals surface area (Å²) in [6, 6.07) is 8.38. The molecular formula is C19H24F3IN4O3. The van der Waals surface area contributed by atoms with Crippen LogP contribution in [0.5, 0.6) is 17.4 Å². The van der Waals surface area contributed by atoms with Crippen molar-refractivity contribution in [2.24, 2.45) is 10.7 Å². The maximum atomic E-state index is 12.4. The maximum absolute atomic E-state index is 12.4. The fourth-order valence-corrected chi connectivity index (χ4v) is 2.32. The Bertz CT molecular complexity index is 835. The molecule has 1 aromatic heterocycles. The summed E-state index contributed by atoms with van der Waals surface area (Å²) in [6.45, 7) is 3.22. The Morgan fingerprint density at radius 3 is 2.53 bits per heavy atom. The molecule has 2 rings (SSSR count). The number of hydrogen-bond acceptors (Lipinski definition) is 5. The van der Waals surface area contributed by atoms with E-state index in [4.69, 9.17) is 19.9 Å². The number of nitrogens with zero attached hydrogens (tertiary/aromatic N) is 2. The smallest absolute Gasteiger partial charge is 0.422 e. The minimum absolute atomic E-state index is 0. The van der Waals surface area contributed by atoms with Crippen molar-refractivity contribution in [3.8, 4) is 17.4 Å². The molecule has 0 aliphatic carbocycles. The van der Waals surface area contributed by atoms with Crippen molar-refractivity contribution in [1.82, 2.24) is 4.98 Å². The first-order chi connectivity index (χ1) is 13.8. The highest BCUT2D eigenvalue weighted by atomic mass is 127. The van der Waals surface area contributed by atoms with Crippen LogP contribution in [0.1, 0.15) is 19.4 Å². The average molecular weight is 540 g/mol. The van der Waals surface area contributed by atoms with Crippen LogP contribution in [0.15, 0.2) is 41.5 Å². The molecule has 0 atom stereocenters. The Labute approximate surface area is 189 Å². The molecule has 2 aromatic rings.